The molecule has 0 radical (unpaired) electrons. The molecule has 0 spiro atoms. The second-order valence-electron chi connectivity index (χ2n) is 9.80. The predicted molar refractivity (Wildman–Crippen MR) is 134 cm³/mol. The van der Waals surface area contributed by atoms with E-state index in [-0.39, 0.29) is 48.3 Å². The summed E-state index contributed by atoms with van der Waals surface area (Å²) in [5.74, 6) is -0.621. The zero-order valence-electron chi connectivity index (χ0n) is 21.6. The number of ether oxygens (including phenoxy) is 2. The van der Waals surface area contributed by atoms with Crippen molar-refractivity contribution in [3.63, 3.8) is 0 Å². The lowest BCUT2D eigenvalue weighted by Gasteiger charge is -2.25. The first-order chi connectivity index (χ1) is 18.7. The van der Waals surface area contributed by atoms with Crippen LogP contribution in [0.15, 0.2) is 24.5 Å². The van der Waals surface area contributed by atoms with Crippen molar-refractivity contribution in [2.45, 2.75) is 37.6 Å². The van der Waals surface area contributed by atoms with Gasteiger partial charge in [-0.25, -0.2) is 15.0 Å². The maximum Gasteiger partial charge on any atom is 0.421 e. The number of carbonyl (C=O) groups excluding carboxylic acids is 1. The highest BCUT2D eigenvalue weighted by Gasteiger charge is 2.37. The number of nitriles is 1. The monoisotopic (exact) mass is 543 g/mol. The Labute approximate surface area is 223 Å². The molecule has 0 aliphatic carbocycles. The van der Waals surface area contributed by atoms with Gasteiger partial charge in [-0.2, -0.15) is 18.4 Å². The molecule has 2 aliphatic heterocycles. The van der Waals surface area contributed by atoms with Crippen LogP contribution >= 0.6 is 0 Å². The Morgan fingerprint density at radius 2 is 2.03 bits per heavy atom. The zero-order chi connectivity index (χ0) is 27.7. The molecule has 13 heteroatoms. The van der Waals surface area contributed by atoms with Gasteiger partial charge in [0.15, 0.2) is 0 Å². The molecule has 2 atom stereocenters. The zero-order valence-corrected chi connectivity index (χ0v) is 21.6. The number of hydrogen-bond acceptors (Lipinski definition) is 8. The lowest BCUT2D eigenvalue weighted by Crippen LogP contribution is -2.43. The van der Waals surface area contributed by atoms with E-state index in [4.69, 9.17) is 9.47 Å². The third-order valence-electron chi connectivity index (χ3n) is 7.19. The van der Waals surface area contributed by atoms with Gasteiger partial charge in [-0.05, 0) is 45.0 Å². The van der Waals surface area contributed by atoms with Gasteiger partial charge in [0.05, 0.1) is 24.4 Å². The molecule has 0 saturated carbocycles. The first-order valence-electron chi connectivity index (χ1n) is 12.7. The summed E-state index contributed by atoms with van der Waals surface area (Å²) in [4.78, 5) is 28.8. The quantitative estimate of drug-likeness (QED) is 0.419. The average molecular weight is 544 g/mol. The summed E-state index contributed by atoms with van der Waals surface area (Å²) in [6, 6.07) is 4.34. The van der Waals surface area contributed by atoms with Crippen LogP contribution in [0, 0.1) is 11.3 Å². The van der Waals surface area contributed by atoms with E-state index in [0.717, 1.165) is 25.5 Å². The van der Waals surface area contributed by atoms with Gasteiger partial charge in [0, 0.05) is 43.5 Å². The molecule has 3 aromatic rings. The van der Waals surface area contributed by atoms with E-state index < -0.39 is 17.6 Å². The van der Waals surface area contributed by atoms with E-state index in [1.807, 2.05) is 13.1 Å². The number of halogens is 3. The summed E-state index contributed by atoms with van der Waals surface area (Å²) in [5, 5.41) is 9.79. The molecule has 0 unspecified atom stereocenters. The van der Waals surface area contributed by atoms with Crippen LogP contribution in [0.25, 0.3) is 22.3 Å². The van der Waals surface area contributed by atoms with Crippen LogP contribution in [0.4, 0.5) is 13.2 Å². The van der Waals surface area contributed by atoms with E-state index in [1.165, 1.54) is 6.20 Å². The molecule has 5 rings (SSSR count). The normalized spacial score (nSPS) is 20.1. The van der Waals surface area contributed by atoms with Crippen LogP contribution < -0.4 is 4.74 Å². The van der Waals surface area contributed by atoms with Crippen LogP contribution in [0.5, 0.6) is 5.88 Å². The minimum Gasteiger partial charge on any atom is -0.475 e. The molecule has 10 nitrogen and oxygen atoms in total. The second-order valence-corrected chi connectivity index (χ2v) is 9.80. The molecule has 0 aromatic carbocycles. The van der Waals surface area contributed by atoms with E-state index in [1.54, 1.807) is 28.8 Å². The fourth-order valence-corrected chi connectivity index (χ4v) is 5.16. The Morgan fingerprint density at radius 1 is 1.21 bits per heavy atom. The topological polar surface area (TPSA) is 109 Å². The summed E-state index contributed by atoms with van der Waals surface area (Å²) in [7, 11) is 3.67. The number of rotatable bonds is 7. The Morgan fingerprint density at radius 3 is 2.74 bits per heavy atom. The first-order valence-corrected chi connectivity index (χ1v) is 12.7. The molecule has 3 aromatic heterocycles. The predicted octanol–water partition coefficient (Wildman–Crippen LogP) is 3.01. The number of pyridine rings is 1. The van der Waals surface area contributed by atoms with Gasteiger partial charge >= 0.3 is 6.18 Å². The van der Waals surface area contributed by atoms with Crippen LogP contribution in [-0.4, -0.2) is 87.3 Å². The first kappa shape index (κ1) is 26.8. The van der Waals surface area contributed by atoms with Crippen molar-refractivity contribution < 1.29 is 27.4 Å². The Bertz CT molecular complexity index is 1420. The van der Waals surface area contributed by atoms with E-state index >= 15 is 0 Å². The van der Waals surface area contributed by atoms with Crippen molar-refractivity contribution in [3.8, 4) is 23.2 Å². The molecular weight excluding hydrogens is 515 g/mol. The SMILES string of the molecule is CN1CCC[C@@H]1C(=O)N1CC[C@H](OCCOc2ncc(-c3nc(C#N)nc4c3ccn4C)cc2C(F)(F)F)C1. The molecule has 2 saturated heterocycles. The van der Waals surface area contributed by atoms with Crippen molar-refractivity contribution >= 4 is 16.9 Å². The molecule has 0 N–H and O–H groups in total. The highest BCUT2D eigenvalue weighted by Crippen LogP contribution is 2.38. The van der Waals surface area contributed by atoms with Crippen molar-refractivity contribution in [2.75, 3.05) is 39.9 Å². The van der Waals surface area contributed by atoms with Gasteiger partial charge in [0.2, 0.25) is 17.6 Å². The number of aromatic nitrogens is 4. The van der Waals surface area contributed by atoms with Gasteiger partial charge < -0.3 is 18.9 Å². The number of hydrogen-bond donors (Lipinski definition) is 0. The maximum atomic E-state index is 14.0. The minimum atomic E-state index is -4.74. The number of alkyl halides is 3. The van der Waals surface area contributed by atoms with E-state index in [0.29, 0.717) is 30.5 Å². The van der Waals surface area contributed by atoms with E-state index in [9.17, 15) is 23.2 Å². The summed E-state index contributed by atoms with van der Waals surface area (Å²) in [6.45, 7) is 1.88. The number of nitrogens with zero attached hydrogens (tertiary/aromatic N) is 7. The summed E-state index contributed by atoms with van der Waals surface area (Å²) >= 11 is 0. The fraction of sp³-hybridized carbons (Fsp3) is 0.500. The van der Waals surface area contributed by atoms with Crippen LogP contribution in [-0.2, 0) is 22.8 Å². The van der Waals surface area contributed by atoms with Gasteiger partial charge in [-0.1, -0.05) is 0 Å². The molecule has 0 bridgehead atoms. The molecule has 2 fully saturated rings. The number of amides is 1. The summed E-state index contributed by atoms with van der Waals surface area (Å²) in [6.07, 6.45) is 0.519. The third kappa shape index (κ3) is 5.53. The molecule has 39 heavy (non-hydrogen) atoms. The van der Waals surface area contributed by atoms with Crippen LogP contribution in [0.1, 0.15) is 30.7 Å². The van der Waals surface area contributed by atoms with Gasteiger partial charge in [0.1, 0.15) is 23.9 Å². The molecular formula is C26H28F3N7O3. The van der Waals surface area contributed by atoms with Crippen molar-refractivity contribution in [3.05, 3.63) is 35.9 Å². The smallest absolute Gasteiger partial charge is 0.421 e. The highest BCUT2D eigenvalue weighted by atomic mass is 19.4. The second kappa shape index (κ2) is 10.8. The highest BCUT2D eigenvalue weighted by molar-refractivity contribution is 5.91. The van der Waals surface area contributed by atoms with E-state index in [2.05, 4.69) is 19.9 Å². The number of likely N-dealkylation sites (tertiary alicyclic amines) is 2. The largest absolute Gasteiger partial charge is 0.475 e. The Hall–Kier alpha value is -3.76. The summed E-state index contributed by atoms with van der Waals surface area (Å²) in [5.41, 5.74) is -0.372. The Balaban J connectivity index is 1.24. The van der Waals surface area contributed by atoms with Crippen LogP contribution in [0.3, 0.4) is 0 Å². The van der Waals surface area contributed by atoms with Crippen molar-refractivity contribution in [1.82, 2.24) is 29.3 Å². The standard InChI is InChI=1S/C26H28F3N7O3/c1-34-7-3-4-20(34)25(37)36-9-5-17(15-36)38-10-11-39-24-19(26(27,28)29)12-16(14-31-24)22-18-6-8-35(2)23(18)33-21(13-30)32-22/h6,8,12,14,17,20H,3-5,7,9-11,15H2,1-2H3/t17-,20+/m0/s1. The Kier molecular flexibility index (Phi) is 7.42. The van der Waals surface area contributed by atoms with Crippen LogP contribution in [0.2, 0.25) is 0 Å². The number of fused-ring (bicyclic) bond motifs is 1. The molecule has 5 heterocycles. The lowest BCUT2D eigenvalue weighted by molar-refractivity contribution is -0.139. The van der Waals surface area contributed by atoms with Gasteiger partial charge in [-0.15, -0.1) is 0 Å². The van der Waals surface area contributed by atoms with Gasteiger partial charge in [0.25, 0.3) is 0 Å². The average Bonchev–Trinajstić information content (AvgIpc) is 3.65. The molecule has 2 aliphatic rings. The fourth-order valence-electron chi connectivity index (χ4n) is 5.16. The number of carbonyl (C=O) groups is 1. The minimum absolute atomic E-state index is 0.0544. The number of aryl methyl sites for hydroxylation is 1. The maximum absolute atomic E-state index is 14.0. The van der Waals surface area contributed by atoms with Crippen molar-refractivity contribution in [1.29, 1.82) is 5.26 Å². The van der Waals surface area contributed by atoms with Gasteiger partial charge in [-0.3, -0.25) is 9.69 Å². The molecule has 1 amide bonds. The summed E-state index contributed by atoms with van der Waals surface area (Å²) < 4.78 is 54.7. The lowest BCUT2D eigenvalue weighted by atomic mass is 10.1. The number of likely N-dealkylation sites (N-methyl/N-ethyl adjacent to an activating group) is 1. The van der Waals surface area contributed by atoms with Crippen molar-refractivity contribution in [2.24, 2.45) is 7.05 Å². The third-order valence-corrected chi connectivity index (χ3v) is 7.19. The molecule has 206 valence electrons.